The fourth-order valence-corrected chi connectivity index (χ4v) is 2.63. The molecule has 3 aromatic rings. The molecule has 0 aliphatic heterocycles. The standard InChI is InChI=1S/C21H21NO/c1-16-7-12-20(21(15-16)23-14-13-22)19-10-8-18(9-11-19)17-5-3-2-4-6-17/h2-12,15H,13-14,22H2,1H3. The normalized spacial score (nSPS) is 10.5. The van der Waals surface area contributed by atoms with E-state index in [4.69, 9.17) is 10.5 Å². The van der Waals surface area contributed by atoms with Crippen LogP contribution in [-0.2, 0) is 0 Å². The van der Waals surface area contributed by atoms with Crippen molar-refractivity contribution in [3.8, 4) is 28.0 Å². The summed E-state index contributed by atoms with van der Waals surface area (Å²) >= 11 is 0. The third-order valence-electron chi connectivity index (χ3n) is 3.82. The van der Waals surface area contributed by atoms with Crippen LogP contribution in [-0.4, -0.2) is 13.2 Å². The van der Waals surface area contributed by atoms with Crippen LogP contribution in [0.15, 0.2) is 72.8 Å². The zero-order valence-corrected chi connectivity index (χ0v) is 13.3. The Bertz CT molecular complexity index is 764. The van der Waals surface area contributed by atoms with E-state index in [0.29, 0.717) is 13.2 Å². The maximum atomic E-state index is 5.81. The first-order valence-electron chi connectivity index (χ1n) is 7.87. The van der Waals surface area contributed by atoms with Crippen molar-refractivity contribution in [2.24, 2.45) is 5.73 Å². The summed E-state index contributed by atoms with van der Waals surface area (Å²) in [6, 6.07) is 25.3. The van der Waals surface area contributed by atoms with Crippen molar-refractivity contribution in [2.45, 2.75) is 6.92 Å². The van der Waals surface area contributed by atoms with Crippen LogP contribution in [0.25, 0.3) is 22.3 Å². The molecule has 0 radical (unpaired) electrons. The SMILES string of the molecule is Cc1ccc(-c2ccc(-c3ccccc3)cc2)c(OCCN)c1. The molecule has 0 saturated carbocycles. The monoisotopic (exact) mass is 303 g/mol. The summed E-state index contributed by atoms with van der Waals surface area (Å²) in [5, 5.41) is 0. The largest absolute Gasteiger partial charge is 0.492 e. The molecule has 3 aromatic carbocycles. The van der Waals surface area contributed by atoms with Crippen molar-refractivity contribution in [1.29, 1.82) is 0 Å². The molecule has 0 saturated heterocycles. The number of rotatable bonds is 5. The molecular formula is C21H21NO. The third kappa shape index (κ3) is 3.61. The molecule has 0 bridgehead atoms. The highest BCUT2D eigenvalue weighted by Gasteiger charge is 2.07. The number of hydrogen-bond acceptors (Lipinski definition) is 2. The van der Waals surface area contributed by atoms with Gasteiger partial charge in [-0.25, -0.2) is 0 Å². The molecule has 2 nitrogen and oxygen atoms in total. The van der Waals surface area contributed by atoms with Gasteiger partial charge < -0.3 is 10.5 Å². The second-order valence-corrected chi connectivity index (χ2v) is 5.58. The highest BCUT2D eigenvalue weighted by atomic mass is 16.5. The predicted octanol–water partition coefficient (Wildman–Crippen LogP) is 4.67. The Kier molecular flexibility index (Phi) is 4.74. The molecule has 0 amide bonds. The Morgan fingerprint density at radius 1 is 0.783 bits per heavy atom. The minimum Gasteiger partial charge on any atom is -0.492 e. The first-order chi connectivity index (χ1) is 11.3. The lowest BCUT2D eigenvalue weighted by Gasteiger charge is -2.12. The maximum absolute atomic E-state index is 5.81. The number of nitrogens with two attached hydrogens (primary N) is 1. The Balaban J connectivity index is 1.93. The molecule has 0 aromatic heterocycles. The van der Waals surface area contributed by atoms with E-state index in [9.17, 15) is 0 Å². The molecule has 0 fully saturated rings. The van der Waals surface area contributed by atoms with Crippen LogP contribution in [0, 0.1) is 6.92 Å². The molecule has 0 unspecified atom stereocenters. The summed E-state index contributed by atoms with van der Waals surface area (Å²) < 4.78 is 5.81. The number of benzene rings is 3. The quantitative estimate of drug-likeness (QED) is 0.743. The third-order valence-corrected chi connectivity index (χ3v) is 3.82. The van der Waals surface area contributed by atoms with Crippen LogP contribution in [0.2, 0.25) is 0 Å². The minimum absolute atomic E-state index is 0.514. The molecular weight excluding hydrogens is 282 g/mol. The van der Waals surface area contributed by atoms with Gasteiger partial charge in [-0.05, 0) is 35.2 Å². The van der Waals surface area contributed by atoms with E-state index in [0.717, 1.165) is 16.9 Å². The number of aryl methyl sites for hydroxylation is 1. The van der Waals surface area contributed by atoms with E-state index in [-0.39, 0.29) is 0 Å². The lowest BCUT2D eigenvalue weighted by Crippen LogP contribution is -2.11. The maximum Gasteiger partial charge on any atom is 0.127 e. The molecule has 116 valence electrons. The molecule has 2 heteroatoms. The van der Waals surface area contributed by atoms with Crippen molar-refractivity contribution < 1.29 is 4.74 Å². The molecule has 0 aliphatic carbocycles. The second-order valence-electron chi connectivity index (χ2n) is 5.58. The van der Waals surface area contributed by atoms with E-state index in [1.807, 2.05) is 6.07 Å². The van der Waals surface area contributed by atoms with E-state index in [2.05, 4.69) is 73.7 Å². The molecule has 0 aliphatic rings. The average molecular weight is 303 g/mol. The molecule has 0 atom stereocenters. The van der Waals surface area contributed by atoms with Crippen LogP contribution in [0.1, 0.15) is 5.56 Å². The van der Waals surface area contributed by atoms with Gasteiger partial charge in [0.25, 0.3) is 0 Å². The fourth-order valence-electron chi connectivity index (χ4n) is 2.63. The van der Waals surface area contributed by atoms with Crippen molar-refractivity contribution >= 4 is 0 Å². The van der Waals surface area contributed by atoms with Gasteiger partial charge in [0.2, 0.25) is 0 Å². The number of hydrogen-bond donors (Lipinski definition) is 1. The van der Waals surface area contributed by atoms with Crippen molar-refractivity contribution in [3.63, 3.8) is 0 Å². The van der Waals surface area contributed by atoms with E-state index in [1.54, 1.807) is 0 Å². The van der Waals surface area contributed by atoms with Gasteiger partial charge in [0.15, 0.2) is 0 Å². The summed E-state index contributed by atoms with van der Waals surface area (Å²) in [6.45, 7) is 3.11. The van der Waals surface area contributed by atoms with Gasteiger partial charge in [0.1, 0.15) is 12.4 Å². The lowest BCUT2D eigenvalue weighted by atomic mass is 9.99. The first-order valence-corrected chi connectivity index (χ1v) is 7.87. The highest BCUT2D eigenvalue weighted by molar-refractivity contribution is 5.74. The summed E-state index contributed by atoms with van der Waals surface area (Å²) in [6.07, 6.45) is 0. The smallest absolute Gasteiger partial charge is 0.127 e. The lowest BCUT2D eigenvalue weighted by molar-refractivity contribution is 0.329. The van der Waals surface area contributed by atoms with Crippen LogP contribution >= 0.6 is 0 Å². The first kappa shape index (κ1) is 15.3. The molecule has 2 N–H and O–H groups in total. The zero-order chi connectivity index (χ0) is 16.1. The van der Waals surface area contributed by atoms with Crippen molar-refractivity contribution in [3.05, 3.63) is 78.4 Å². The average Bonchev–Trinajstić information content (AvgIpc) is 2.61. The van der Waals surface area contributed by atoms with Crippen molar-refractivity contribution in [1.82, 2.24) is 0 Å². The van der Waals surface area contributed by atoms with E-state index >= 15 is 0 Å². The van der Waals surface area contributed by atoms with Crippen LogP contribution in [0.4, 0.5) is 0 Å². The van der Waals surface area contributed by atoms with Gasteiger partial charge in [-0.15, -0.1) is 0 Å². The molecule has 0 spiro atoms. The Morgan fingerprint density at radius 2 is 1.43 bits per heavy atom. The van der Waals surface area contributed by atoms with Gasteiger partial charge in [0, 0.05) is 12.1 Å². The van der Waals surface area contributed by atoms with Crippen LogP contribution in [0.5, 0.6) is 5.75 Å². The summed E-state index contributed by atoms with van der Waals surface area (Å²) in [5.41, 5.74) is 11.4. The van der Waals surface area contributed by atoms with E-state index < -0.39 is 0 Å². The Morgan fingerprint density at radius 3 is 2.13 bits per heavy atom. The predicted molar refractivity (Wildman–Crippen MR) is 96.6 cm³/mol. The molecule has 3 rings (SSSR count). The van der Waals surface area contributed by atoms with Gasteiger partial charge in [-0.2, -0.15) is 0 Å². The Hall–Kier alpha value is -2.58. The summed E-state index contributed by atoms with van der Waals surface area (Å²) in [5.74, 6) is 0.892. The second kappa shape index (κ2) is 7.12. The molecule has 23 heavy (non-hydrogen) atoms. The van der Waals surface area contributed by atoms with Gasteiger partial charge in [-0.3, -0.25) is 0 Å². The van der Waals surface area contributed by atoms with E-state index in [1.165, 1.54) is 16.7 Å². The topological polar surface area (TPSA) is 35.2 Å². The summed E-state index contributed by atoms with van der Waals surface area (Å²) in [7, 11) is 0. The van der Waals surface area contributed by atoms with Crippen molar-refractivity contribution in [2.75, 3.05) is 13.2 Å². The van der Waals surface area contributed by atoms with Gasteiger partial charge in [0.05, 0.1) is 0 Å². The number of ether oxygens (including phenoxy) is 1. The van der Waals surface area contributed by atoms with Gasteiger partial charge >= 0.3 is 0 Å². The molecule has 0 heterocycles. The fraction of sp³-hybridized carbons (Fsp3) is 0.143. The van der Waals surface area contributed by atoms with Crippen LogP contribution in [0.3, 0.4) is 0 Å². The summed E-state index contributed by atoms with van der Waals surface area (Å²) in [4.78, 5) is 0. The van der Waals surface area contributed by atoms with Gasteiger partial charge in [-0.1, -0.05) is 66.7 Å². The zero-order valence-electron chi connectivity index (χ0n) is 13.3. The Labute approximate surface area is 137 Å². The highest BCUT2D eigenvalue weighted by Crippen LogP contribution is 2.32. The van der Waals surface area contributed by atoms with Crippen LogP contribution < -0.4 is 10.5 Å². The minimum atomic E-state index is 0.514.